The first-order valence-corrected chi connectivity index (χ1v) is 8.40. The van der Waals surface area contributed by atoms with E-state index in [2.05, 4.69) is 41.5 Å². The fraction of sp³-hybridized carbons (Fsp3) is 0.350. The summed E-state index contributed by atoms with van der Waals surface area (Å²) < 4.78 is 0. The predicted molar refractivity (Wildman–Crippen MR) is 94.9 cm³/mol. The molecule has 1 N–H and O–H groups in total. The number of unbranched alkanes of at least 4 members (excludes halogenated alkanes) is 1. The van der Waals surface area contributed by atoms with E-state index < -0.39 is 0 Å². The number of benzene rings is 1. The number of aryl methyl sites for hydroxylation is 2. The molecule has 4 heteroatoms. The Morgan fingerprint density at radius 2 is 1.83 bits per heavy atom. The third kappa shape index (κ3) is 6.32. The number of nitrogens with zero attached hydrogens (tertiary/aromatic N) is 1. The van der Waals surface area contributed by atoms with Crippen LogP contribution in [-0.2, 0) is 11.2 Å². The van der Waals surface area contributed by atoms with Gasteiger partial charge in [0.15, 0.2) is 5.78 Å². The van der Waals surface area contributed by atoms with Gasteiger partial charge in [0, 0.05) is 37.3 Å². The van der Waals surface area contributed by atoms with Gasteiger partial charge in [0.25, 0.3) is 0 Å². The first-order valence-electron chi connectivity index (χ1n) is 8.40. The van der Waals surface area contributed by atoms with Crippen molar-refractivity contribution in [3.8, 4) is 0 Å². The number of rotatable bonds is 9. The molecule has 0 radical (unpaired) electrons. The van der Waals surface area contributed by atoms with Gasteiger partial charge in [-0.25, -0.2) is 0 Å². The van der Waals surface area contributed by atoms with Crippen LogP contribution in [0, 0.1) is 6.92 Å². The summed E-state index contributed by atoms with van der Waals surface area (Å²) in [6, 6.07) is 12.0. The van der Waals surface area contributed by atoms with Crippen molar-refractivity contribution in [3.63, 3.8) is 0 Å². The smallest absolute Gasteiger partial charge is 0.220 e. The van der Waals surface area contributed by atoms with E-state index in [1.165, 1.54) is 17.3 Å². The third-order valence-corrected chi connectivity index (χ3v) is 3.90. The molecule has 1 aromatic carbocycles. The lowest BCUT2D eigenvalue weighted by atomic mass is 10.1. The largest absolute Gasteiger partial charge is 0.356 e. The Labute approximate surface area is 143 Å². The first kappa shape index (κ1) is 17.9. The van der Waals surface area contributed by atoms with Crippen molar-refractivity contribution in [1.29, 1.82) is 0 Å². The summed E-state index contributed by atoms with van der Waals surface area (Å²) in [4.78, 5) is 27.6. The average molecular weight is 324 g/mol. The van der Waals surface area contributed by atoms with Gasteiger partial charge in [0.1, 0.15) is 0 Å². The number of hydrogen-bond acceptors (Lipinski definition) is 3. The SMILES string of the molecule is Cc1ccc(CCCCNC(=O)CCC(=O)c2cccnc2)cc1. The second-order valence-electron chi connectivity index (χ2n) is 5.96. The highest BCUT2D eigenvalue weighted by atomic mass is 16.2. The second-order valence-corrected chi connectivity index (χ2v) is 5.96. The van der Waals surface area contributed by atoms with Crippen LogP contribution in [0.25, 0.3) is 0 Å². The minimum atomic E-state index is -0.0671. The summed E-state index contributed by atoms with van der Waals surface area (Å²) in [6.45, 7) is 2.74. The Balaban J connectivity index is 1.56. The maximum atomic E-state index is 11.9. The summed E-state index contributed by atoms with van der Waals surface area (Å²) in [6.07, 6.45) is 6.61. The molecule has 1 aromatic heterocycles. The molecule has 0 fully saturated rings. The van der Waals surface area contributed by atoms with E-state index >= 15 is 0 Å². The Morgan fingerprint density at radius 1 is 1.04 bits per heavy atom. The lowest BCUT2D eigenvalue weighted by Crippen LogP contribution is -2.24. The molecule has 0 unspecified atom stereocenters. The summed E-state index contributed by atoms with van der Waals surface area (Å²) in [7, 11) is 0. The highest BCUT2D eigenvalue weighted by Crippen LogP contribution is 2.07. The van der Waals surface area contributed by atoms with Crippen LogP contribution in [0.4, 0.5) is 0 Å². The molecule has 0 bridgehead atoms. The standard InChI is InChI=1S/C20H24N2O2/c1-16-7-9-17(10-8-16)5-2-3-14-22-20(24)12-11-19(23)18-6-4-13-21-15-18/h4,6-10,13,15H,2-3,5,11-12,14H2,1H3,(H,22,24). The summed E-state index contributed by atoms with van der Waals surface area (Å²) in [5, 5.41) is 2.88. The van der Waals surface area contributed by atoms with Crippen LogP contribution < -0.4 is 5.32 Å². The van der Waals surface area contributed by atoms with Crippen LogP contribution in [0.5, 0.6) is 0 Å². The molecule has 0 saturated carbocycles. The van der Waals surface area contributed by atoms with Gasteiger partial charge in [0.2, 0.25) is 5.91 Å². The monoisotopic (exact) mass is 324 g/mol. The minimum absolute atomic E-state index is 0.0439. The molecule has 0 atom stereocenters. The Hall–Kier alpha value is -2.49. The number of amides is 1. The highest BCUT2D eigenvalue weighted by Gasteiger charge is 2.08. The van der Waals surface area contributed by atoms with Crippen LogP contribution in [-0.4, -0.2) is 23.2 Å². The van der Waals surface area contributed by atoms with Crippen LogP contribution in [0.3, 0.4) is 0 Å². The van der Waals surface area contributed by atoms with Crippen LogP contribution in [0.1, 0.15) is 47.2 Å². The second kappa shape index (κ2) is 9.60. The fourth-order valence-corrected chi connectivity index (χ4v) is 2.42. The van der Waals surface area contributed by atoms with Crippen molar-refractivity contribution in [2.75, 3.05) is 6.54 Å². The molecule has 0 aliphatic rings. The van der Waals surface area contributed by atoms with E-state index in [-0.39, 0.29) is 24.5 Å². The molecule has 2 aromatic rings. The number of carbonyl (C=O) groups excluding carboxylic acids is 2. The normalized spacial score (nSPS) is 10.4. The van der Waals surface area contributed by atoms with E-state index in [9.17, 15) is 9.59 Å². The third-order valence-electron chi connectivity index (χ3n) is 3.90. The molecule has 0 aliphatic carbocycles. The molecule has 0 aliphatic heterocycles. The summed E-state index contributed by atoms with van der Waals surface area (Å²) >= 11 is 0. The van der Waals surface area contributed by atoms with Gasteiger partial charge >= 0.3 is 0 Å². The molecule has 1 heterocycles. The number of pyridine rings is 1. The van der Waals surface area contributed by atoms with E-state index in [0.717, 1.165) is 19.3 Å². The van der Waals surface area contributed by atoms with E-state index in [1.54, 1.807) is 18.3 Å². The van der Waals surface area contributed by atoms with Crippen LogP contribution in [0.2, 0.25) is 0 Å². The zero-order chi connectivity index (χ0) is 17.2. The highest BCUT2D eigenvalue weighted by molar-refractivity contribution is 5.97. The van der Waals surface area contributed by atoms with Crippen molar-refractivity contribution in [2.45, 2.75) is 39.0 Å². The van der Waals surface area contributed by atoms with Crippen molar-refractivity contribution in [1.82, 2.24) is 10.3 Å². The van der Waals surface area contributed by atoms with Crippen molar-refractivity contribution >= 4 is 11.7 Å². The van der Waals surface area contributed by atoms with Crippen LogP contribution >= 0.6 is 0 Å². The van der Waals surface area contributed by atoms with E-state index in [0.29, 0.717) is 12.1 Å². The minimum Gasteiger partial charge on any atom is -0.356 e. The van der Waals surface area contributed by atoms with E-state index in [1.807, 2.05) is 0 Å². The van der Waals surface area contributed by atoms with Crippen molar-refractivity contribution in [2.24, 2.45) is 0 Å². The summed E-state index contributed by atoms with van der Waals surface area (Å²) in [5.41, 5.74) is 3.16. The Bertz CT molecular complexity index is 651. The van der Waals surface area contributed by atoms with Gasteiger partial charge in [-0.3, -0.25) is 14.6 Å². The Kier molecular flexibility index (Phi) is 7.15. The maximum absolute atomic E-state index is 11.9. The van der Waals surface area contributed by atoms with Crippen molar-refractivity contribution in [3.05, 3.63) is 65.5 Å². The molecule has 1 amide bonds. The van der Waals surface area contributed by atoms with Gasteiger partial charge in [-0.15, -0.1) is 0 Å². The quantitative estimate of drug-likeness (QED) is 0.567. The molecule has 24 heavy (non-hydrogen) atoms. The zero-order valence-corrected chi connectivity index (χ0v) is 14.1. The predicted octanol–water partition coefficient (Wildman–Crippen LogP) is 3.49. The number of nitrogens with one attached hydrogen (secondary N) is 1. The zero-order valence-electron chi connectivity index (χ0n) is 14.1. The molecular formula is C20H24N2O2. The average Bonchev–Trinajstić information content (AvgIpc) is 2.61. The number of carbonyl (C=O) groups is 2. The van der Waals surface area contributed by atoms with Gasteiger partial charge in [0.05, 0.1) is 0 Å². The molecule has 4 nitrogen and oxygen atoms in total. The van der Waals surface area contributed by atoms with Crippen molar-refractivity contribution < 1.29 is 9.59 Å². The van der Waals surface area contributed by atoms with Gasteiger partial charge in [-0.1, -0.05) is 29.8 Å². The van der Waals surface area contributed by atoms with Gasteiger partial charge in [-0.05, 0) is 43.9 Å². The molecule has 0 saturated heterocycles. The molecule has 0 spiro atoms. The van der Waals surface area contributed by atoms with Gasteiger partial charge < -0.3 is 5.32 Å². The van der Waals surface area contributed by atoms with E-state index in [4.69, 9.17) is 0 Å². The maximum Gasteiger partial charge on any atom is 0.220 e. The lowest BCUT2D eigenvalue weighted by molar-refractivity contribution is -0.121. The summed E-state index contributed by atoms with van der Waals surface area (Å²) in [5.74, 6) is -0.111. The first-order chi connectivity index (χ1) is 11.6. The molecule has 2 rings (SSSR count). The van der Waals surface area contributed by atoms with Crippen LogP contribution in [0.15, 0.2) is 48.8 Å². The molecule has 126 valence electrons. The Morgan fingerprint density at radius 3 is 2.54 bits per heavy atom. The fourth-order valence-electron chi connectivity index (χ4n) is 2.42. The lowest BCUT2D eigenvalue weighted by Gasteiger charge is -2.06. The number of aromatic nitrogens is 1. The molecular weight excluding hydrogens is 300 g/mol. The topological polar surface area (TPSA) is 59.1 Å². The number of hydrogen-bond donors (Lipinski definition) is 1. The number of Topliss-reactive ketones (excluding diaryl/α,β-unsaturated/α-hetero) is 1. The number of ketones is 1. The van der Waals surface area contributed by atoms with Gasteiger partial charge in [-0.2, -0.15) is 0 Å².